The maximum absolute atomic E-state index is 12.3. The number of amides is 2. The molecule has 0 radical (unpaired) electrons. The molecule has 4 nitrogen and oxygen atoms in total. The van der Waals surface area contributed by atoms with E-state index in [1.54, 1.807) is 11.8 Å². The number of benzene rings is 1. The van der Waals surface area contributed by atoms with Gasteiger partial charge in [-0.2, -0.15) is 0 Å². The van der Waals surface area contributed by atoms with Crippen LogP contribution in [0.25, 0.3) is 0 Å². The van der Waals surface area contributed by atoms with Crippen molar-refractivity contribution in [3.8, 4) is 0 Å². The van der Waals surface area contributed by atoms with Crippen molar-refractivity contribution in [2.24, 2.45) is 0 Å². The van der Waals surface area contributed by atoms with E-state index in [0.717, 1.165) is 12.0 Å². The van der Waals surface area contributed by atoms with Crippen LogP contribution < -0.4 is 5.32 Å². The van der Waals surface area contributed by atoms with Gasteiger partial charge in [0.1, 0.15) is 12.1 Å². The molecule has 102 valence electrons. The van der Waals surface area contributed by atoms with Gasteiger partial charge in [-0.1, -0.05) is 43.7 Å². The number of carbonyl (C=O) groups is 2. The van der Waals surface area contributed by atoms with E-state index in [4.69, 9.17) is 0 Å². The first-order valence-corrected chi connectivity index (χ1v) is 6.78. The third-order valence-electron chi connectivity index (χ3n) is 3.45. The fourth-order valence-electron chi connectivity index (χ4n) is 2.44. The van der Waals surface area contributed by atoms with Crippen molar-refractivity contribution < 1.29 is 9.59 Å². The lowest BCUT2D eigenvalue weighted by molar-refractivity contribution is -0.149. The van der Waals surface area contributed by atoms with Gasteiger partial charge in [0.15, 0.2) is 0 Å². The smallest absolute Gasteiger partial charge is 0.245 e. The molecule has 1 aromatic rings. The average molecular weight is 260 g/mol. The van der Waals surface area contributed by atoms with Gasteiger partial charge in [-0.3, -0.25) is 9.59 Å². The molecule has 1 saturated heterocycles. The van der Waals surface area contributed by atoms with Gasteiger partial charge in [-0.05, 0) is 18.9 Å². The molecular formula is C15H20N2O2. The summed E-state index contributed by atoms with van der Waals surface area (Å²) in [5, 5.41) is 2.75. The molecule has 1 aromatic carbocycles. The minimum absolute atomic E-state index is 0.00176. The van der Waals surface area contributed by atoms with Crippen molar-refractivity contribution in [3.05, 3.63) is 35.9 Å². The summed E-state index contributed by atoms with van der Waals surface area (Å²) >= 11 is 0. The van der Waals surface area contributed by atoms with Gasteiger partial charge >= 0.3 is 0 Å². The summed E-state index contributed by atoms with van der Waals surface area (Å²) in [4.78, 5) is 26.0. The minimum atomic E-state index is -0.427. The highest BCUT2D eigenvalue weighted by atomic mass is 16.2. The van der Waals surface area contributed by atoms with E-state index in [0.29, 0.717) is 13.0 Å². The van der Waals surface area contributed by atoms with Crippen LogP contribution >= 0.6 is 0 Å². The van der Waals surface area contributed by atoms with E-state index in [1.807, 2.05) is 37.3 Å². The van der Waals surface area contributed by atoms with Gasteiger partial charge < -0.3 is 10.2 Å². The van der Waals surface area contributed by atoms with E-state index in [9.17, 15) is 9.59 Å². The maximum atomic E-state index is 12.3. The van der Waals surface area contributed by atoms with Gasteiger partial charge in [0, 0.05) is 6.54 Å². The minimum Gasteiger partial charge on any atom is -0.343 e. The van der Waals surface area contributed by atoms with E-state index in [1.165, 1.54) is 0 Å². The zero-order valence-corrected chi connectivity index (χ0v) is 11.4. The summed E-state index contributed by atoms with van der Waals surface area (Å²) in [6.45, 7) is 4.26. The van der Waals surface area contributed by atoms with Crippen LogP contribution in [0.3, 0.4) is 0 Å². The Kier molecular flexibility index (Phi) is 4.20. The highest BCUT2D eigenvalue weighted by Gasteiger charge is 2.37. The summed E-state index contributed by atoms with van der Waals surface area (Å²) in [5.41, 5.74) is 1.05. The molecule has 4 heteroatoms. The number of piperazine rings is 1. The van der Waals surface area contributed by atoms with Crippen LogP contribution in [0.4, 0.5) is 0 Å². The number of carbonyl (C=O) groups excluding carboxylic acids is 2. The van der Waals surface area contributed by atoms with Crippen molar-refractivity contribution in [2.75, 3.05) is 0 Å². The predicted molar refractivity (Wildman–Crippen MR) is 73.3 cm³/mol. The monoisotopic (exact) mass is 260 g/mol. The van der Waals surface area contributed by atoms with E-state index >= 15 is 0 Å². The average Bonchev–Trinajstić information content (AvgIpc) is 2.41. The lowest BCUT2D eigenvalue weighted by Crippen LogP contribution is -2.61. The Balaban J connectivity index is 2.21. The van der Waals surface area contributed by atoms with Crippen LogP contribution in [-0.2, 0) is 16.1 Å². The number of nitrogens with zero attached hydrogens (tertiary/aromatic N) is 1. The van der Waals surface area contributed by atoms with Crippen LogP contribution in [0.15, 0.2) is 30.3 Å². The normalized spacial score (nSPS) is 23.4. The molecule has 2 unspecified atom stereocenters. The second-order valence-corrected chi connectivity index (χ2v) is 4.99. The molecule has 1 fully saturated rings. The summed E-state index contributed by atoms with van der Waals surface area (Å²) in [6.07, 6.45) is 1.59. The molecule has 0 bridgehead atoms. The molecule has 1 aliphatic heterocycles. The largest absolute Gasteiger partial charge is 0.343 e. The van der Waals surface area contributed by atoms with Crippen LogP contribution in [0.5, 0.6) is 0 Å². The molecule has 19 heavy (non-hydrogen) atoms. The number of hydrogen-bond donors (Lipinski definition) is 1. The Bertz CT molecular complexity index is 458. The second kappa shape index (κ2) is 5.87. The van der Waals surface area contributed by atoms with Crippen LogP contribution in [0.2, 0.25) is 0 Å². The Labute approximate surface area is 113 Å². The predicted octanol–water partition coefficient (Wildman–Crippen LogP) is 1.70. The summed E-state index contributed by atoms with van der Waals surface area (Å²) in [6, 6.07) is 9.03. The number of nitrogens with one attached hydrogen (secondary N) is 1. The molecule has 2 atom stereocenters. The fourth-order valence-corrected chi connectivity index (χ4v) is 2.44. The molecule has 0 saturated carbocycles. The highest BCUT2D eigenvalue weighted by Crippen LogP contribution is 2.18. The standard InChI is InChI=1S/C15H20N2O2/c1-3-7-13-14(18)16-11(2)15(19)17(13)10-12-8-5-4-6-9-12/h4-6,8-9,11,13H,3,7,10H2,1-2H3,(H,16,18). The number of rotatable bonds is 4. The molecule has 0 aliphatic carbocycles. The molecule has 1 heterocycles. The third-order valence-corrected chi connectivity index (χ3v) is 3.45. The zero-order valence-electron chi connectivity index (χ0n) is 11.4. The number of hydrogen-bond acceptors (Lipinski definition) is 2. The molecule has 0 aromatic heterocycles. The first kappa shape index (κ1) is 13.6. The molecular weight excluding hydrogens is 240 g/mol. The quantitative estimate of drug-likeness (QED) is 0.896. The molecule has 0 spiro atoms. The van der Waals surface area contributed by atoms with Crippen molar-refractivity contribution >= 4 is 11.8 Å². The Morgan fingerprint density at radius 3 is 2.53 bits per heavy atom. The van der Waals surface area contributed by atoms with E-state index < -0.39 is 6.04 Å². The maximum Gasteiger partial charge on any atom is 0.245 e. The van der Waals surface area contributed by atoms with Crippen molar-refractivity contribution in [1.82, 2.24) is 10.2 Å². The summed E-state index contributed by atoms with van der Waals surface area (Å²) < 4.78 is 0. The molecule has 1 N–H and O–H groups in total. The first-order valence-electron chi connectivity index (χ1n) is 6.78. The third kappa shape index (κ3) is 2.95. The second-order valence-electron chi connectivity index (χ2n) is 4.99. The Hall–Kier alpha value is -1.84. The van der Waals surface area contributed by atoms with Gasteiger partial charge in [-0.25, -0.2) is 0 Å². The molecule has 1 aliphatic rings. The topological polar surface area (TPSA) is 49.4 Å². The van der Waals surface area contributed by atoms with Crippen LogP contribution in [-0.4, -0.2) is 28.8 Å². The summed E-state index contributed by atoms with van der Waals surface area (Å²) in [7, 11) is 0. The van der Waals surface area contributed by atoms with Crippen molar-refractivity contribution in [3.63, 3.8) is 0 Å². The Morgan fingerprint density at radius 2 is 1.89 bits per heavy atom. The lowest BCUT2D eigenvalue weighted by Gasteiger charge is -2.38. The van der Waals surface area contributed by atoms with Gasteiger partial charge in [0.25, 0.3) is 0 Å². The van der Waals surface area contributed by atoms with Gasteiger partial charge in [-0.15, -0.1) is 0 Å². The lowest BCUT2D eigenvalue weighted by atomic mass is 10.0. The SMILES string of the molecule is CCCC1C(=O)NC(C)C(=O)N1Cc1ccccc1. The zero-order chi connectivity index (χ0) is 13.8. The van der Waals surface area contributed by atoms with Crippen molar-refractivity contribution in [1.29, 1.82) is 0 Å². The molecule has 2 amide bonds. The van der Waals surface area contributed by atoms with Crippen LogP contribution in [0.1, 0.15) is 32.3 Å². The van der Waals surface area contributed by atoms with Crippen LogP contribution in [0, 0.1) is 0 Å². The summed E-state index contributed by atoms with van der Waals surface area (Å²) in [5.74, 6) is -0.0354. The van der Waals surface area contributed by atoms with Gasteiger partial charge in [0.05, 0.1) is 0 Å². The molecule has 2 rings (SSSR count). The fraction of sp³-hybridized carbons (Fsp3) is 0.467. The van der Waals surface area contributed by atoms with Crippen molar-refractivity contribution in [2.45, 2.75) is 45.3 Å². The van der Waals surface area contributed by atoms with E-state index in [-0.39, 0.29) is 17.9 Å². The van der Waals surface area contributed by atoms with E-state index in [2.05, 4.69) is 5.32 Å². The van der Waals surface area contributed by atoms with Gasteiger partial charge in [0.2, 0.25) is 11.8 Å². The Morgan fingerprint density at radius 1 is 1.21 bits per heavy atom. The first-order chi connectivity index (χ1) is 9.13. The highest BCUT2D eigenvalue weighted by molar-refractivity contribution is 5.96.